The summed E-state index contributed by atoms with van der Waals surface area (Å²) in [6.45, 7) is 4.33. The van der Waals surface area contributed by atoms with Gasteiger partial charge in [0.15, 0.2) is 0 Å². The van der Waals surface area contributed by atoms with Crippen LogP contribution in [0.4, 0.5) is 10.1 Å². The standard InChI is InChI=1S/C22H21ClFN3O4/c1-11(2)30-17-7-3-12(9-15(17)23)22-26-21(27-31-22)19-16(24)6-5-14-13(4-8-18(28)29)10-25-20(14)19/h3,5-7,9,11,13,25H,4,8,10H2,1-2H3,(H,28,29). The highest BCUT2D eigenvalue weighted by Gasteiger charge is 2.29. The summed E-state index contributed by atoms with van der Waals surface area (Å²) in [6.07, 6.45) is 0.483. The summed E-state index contributed by atoms with van der Waals surface area (Å²) in [4.78, 5) is 15.3. The lowest BCUT2D eigenvalue weighted by Gasteiger charge is -2.11. The van der Waals surface area contributed by atoms with Crippen LogP contribution in [0.5, 0.6) is 5.75 Å². The van der Waals surface area contributed by atoms with Gasteiger partial charge in [-0.25, -0.2) is 4.39 Å². The van der Waals surface area contributed by atoms with E-state index in [4.69, 9.17) is 26.0 Å². The van der Waals surface area contributed by atoms with Gasteiger partial charge in [-0.05, 0) is 50.1 Å². The van der Waals surface area contributed by atoms with Crippen LogP contribution in [0.2, 0.25) is 5.02 Å². The molecule has 2 N–H and O–H groups in total. The van der Waals surface area contributed by atoms with Crippen LogP contribution in [0.15, 0.2) is 34.9 Å². The topological polar surface area (TPSA) is 97.5 Å². The number of aromatic nitrogens is 2. The van der Waals surface area contributed by atoms with E-state index in [-0.39, 0.29) is 35.7 Å². The van der Waals surface area contributed by atoms with Crippen molar-refractivity contribution in [2.45, 2.75) is 38.7 Å². The first-order valence-electron chi connectivity index (χ1n) is 9.92. The average molecular weight is 446 g/mol. The van der Waals surface area contributed by atoms with Crippen molar-refractivity contribution in [3.63, 3.8) is 0 Å². The maximum atomic E-state index is 14.7. The molecule has 1 aliphatic heterocycles. The lowest BCUT2D eigenvalue weighted by atomic mass is 9.94. The van der Waals surface area contributed by atoms with Crippen molar-refractivity contribution in [1.82, 2.24) is 10.1 Å². The monoisotopic (exact) mass is 445 g/mol. The number of carboxylic acid groups (broad SMARTS) is 1. The Labute approximate surface area is 183 Å². The van der Waals surface area contributed by atoms with E-state index in [9.17, 15) is 9.18 Å². The molecule has 0 bridgehead atoms. The second kappa shape index (κ2) is 8.55. The molecule has 31 heavy (non-hydrogen) atoms. The maximum Gasteiger partial charge on any atom is 0.303 e. The molecule has 9 heteroatoms. The maximum absolute atomic E-state index is 14.7. The number of ether oxygens (including phenoxy) is 1. The highest BCUT2D eigenvalue weighted by atomic mass is 35.5. The Morgan fingerprint density at radius 3 is 2.90 bits per heavy atom. The van der Waals surface area contributed by atoms with Gasteiger partial charge < -0.3 is 19.7 Å². The van der Waals surface area contributed by atoms with Crippen molar-refractivity contribution in [3.8, 4) is 28.6 Å². The number of benzene rings is 2. The van der Waals surface area contributed by atoms with Crippen molar-refractivity contribution in [2.75, 3.05) is 11.9 Å². The van der Waals surface area contributed by atoms with E-state index >= 15 is 0 Å². The van der Waals surface area contributed by atoms with E-state index in [0.29, 0.717) is 35.0 Å². The minimum atomic E-state index is -0.859. The van der Waals surface area contributed by atoms with Crippen LogP contribution in [0, 0.1) is 5.82 Å². The molecule has 1 unspecified atom stereocenters. The fourth-order valence-corrected chi connectivity index (χ4v) is 3.88. The number of rotatable bonds is 7. The Kier molecular flexibility index (Phi) is 5.82. The molecule has 2 aromatic carbocycles. The lowest BCUT2D eigenvalue weighted by Crippen LogP contribution is -2.05. The number of halogens is 2. The number of nitrogens with zero attached hydrogens (tertiary/aromatic N) is 2. The molecular weight excluding hydrogens is 425 g/mol. The first kappa shape index (κ1) is 21.1. The van der Waals surface area contributed by atoms with Gasteiger partial charge in [0.05, 0.1) is 22.4 Å². The van der Waals surface area contributed by atoms with Crippen LogP contribution in [0.25, 0.3) is 22.8 Å². The number of carboxylic acids is 1. The average Bonchev–Trinajstić information content (AvgIpc) is 3.35. The summed E-state index contributed by atoms with van der Waals surface area (Å²) in [7, 11) is 0. The largest absolute Gasteiger partial charge is 0.489 e. The third-order valence-corrected chi connectivity index (χ3v) is 5.34. The summed E-state index contributed by atoms with van der Waals surface area (Å²) in [5.74, 6) is -0.522. The predicted molar refractivity (Wildman–Crippen MR) is 114 cm³/mol. The molecule has 0 aliphatic carbocycles. The third kappa shape index (κ3) is 4.34. The number of aliphatic carboxylic acids is 1. The number of anilines is 1. The molecule has 0 amide bonds. The van der Waals surface area contributed by atoms with E-state index in [0.717, 1.165) is 5.56 Å². The normalized spacial score (nSPS) is 15.1. The molecule has 0 spiro atoms. The minimum Gasteiger partial charge on any atom is -0.489 e. The Morgan fingerprint density at radius 1 is 1.39 bits per heavy atom. The van der Waals surface area contributed by atoms with Crippen LogP contribution in [-0.4, -0.2) is 33.9 Å². The van der Waals surface area contributed by atoms with Crippen LogP contribution < -0.4 is 10.1 Å². The van der Waals surface area contributed by atoms with Gasteiger partial charge in [-0.1, -0.05) is 22.8 Å². The highest BCUT2D eigenvalue weighted by molar-refractivity contribution is 6.32. The number of nitrogens with one attached hydrogen (secondary N) is 1. The van der Waals surface area contributed by atoms with E-state index in [2.05, 4.69) is 15.5 Å². The summed E-state index contributed by atoms with van der Waals surface area (Å²) in [5, 5.41) is 16.5. The summed E-state index contributed by atoms with van der Waals surface area (Å²) in [5.41, 5.74) is 2.21. The zero-order chi connectivity index (χ0) is 22.1. The van der Waals surface area contributed by atoms with Crippen LogP contribution >= 0.6 is 11.6 Å². The van der Waals surface area contributed by atoms with Crippen molar-refractivity contribution in [1.29, 1.82) is 0 Å². The molecule has 4 rings (SSSR count). The van der Waals surface area contributed by atoms with Gasteiger partial charge in [-0.3, -0.25) is 4.79 Å². The number of hydrogen-bond donors (Lipinski definition) is 2. The van der Waals surface area contributed by atoms with Crippen LogP contribution in [0.3, 0.4) is 0 Å². The molecule has 7 nitrogen and oxygen atoms in total. The molecule has 162 valence electrons. The van der Waals surface area contributed by atoms with E-state index < -0.39 is 11.8 Å². The summed E-state index contributed by atoms with van der Waals surface area (Å²) in [6, 6.07) is 8.14. The molecule has 0 saturated heterocycles. The smallest absolute Gasteiger partial charge is 0.303 e. The molecule has 0 saturated carbocycles. The fraction of sp³-hybridized carbons (Fsp3) is 0.318. The molecule has 1 atom stereocenters. The van der Waals surface area contributed by atoms with Gasteiger partial charge >= 0.3 is 5.97 Å². The van der Waals surface area contributed by atoms with Gasteiger partial charge in [0, 0.05) is 24.4 Å². The molecule has 1 aromatic heterocycles. The van der Waals surface area contributed by atoms with Gasteiger partial charge in [0.25, 0.3) is 5.89 Å². The van der Waals surface area contributed by atoms with Crippen molar-refractivity contribution < 1.29 is 23.6 Å². The van der Waals surface area contributed by atoms with Crippen molar-refractivity contribution in [3.05, 3.63) is 46.7 Å². The molecule has 3 aromatic rings. The number of carbonyl (C=O) groups is 1. The zero-order valence-electron chi connectivity index (χ0n) is 17.0. The Bertz CT molecular complexity index is 1130. The van der Waals surface area contributed by atoms with E-state index in [1.54, 1.807) is 24.3 Å². The second-order valence-corrected chi connectivity index (χ2v) is 8.04. The quantitative estimate of drug-likeness (QED) is 0.505. The first-order valence-corrected chi connectivity index (χ1v) is 10.3. The fourth-order valence-electron chi connectivity index (χ4n) is 3.66. The Hall–Kier alpha value is -3.13. The minimum absolute atomic E-state index is 0.0201. The Balaban J connectivity index is 1.64. The van der Waals surface area contributed by atoms with Gasteiger partial charge in [0.1, 0.15) is 11.6 Å². The van der Waals surface area contributed by atoms with Crippen LogP contribution in [0.1, 0.15) is 38.2 Å². The van der Waals surface area contributed by atoms with Gasteiger partial charge in [-0.2, -0.15) is 4.98 Å². The second-order valence-electron chi connectivity index (χ2n) is 7.63. The number of fused-ring (bicyclic) bond motifs is 1. The lowest BCUT2D eigenvalue weighted by molar-refractivity contribution is -0.137. The molecule has 1 aliphatic rings. The highest BCUT2D eigenvalue weighted by Crippen LogP contribution is 2.42. The SMILES string of the molecule is CC(C)Oc1ccc(-c2nc(-c3c(F)ccc4c3NCC4CCC(=O)O)no2)cc1Cl. The predicted octanol–water partition coefficient (Wildman–Crippen LogP) is 5.36. The molecular formula is C22H21ClFN3O4. The van der Waals surface area contributed by atoms with Crippen LogP contribution in [-0.2, 0) is 4.79 Å². The van der Waals surface area contributed by atoms with Gasteiger partial charge in [0.2, 0.25) is 5.82 Å². The van der Waals surface area contributed by atoms with Crippen molar-refractivity contribution >= 4 is 23.3 Å². The van der Waals surface area contributed by atoms with E-state index in [1.165, 1.54) is 6.07 Å². The first-order chi connectivity index (χ1) is 14.8. The van der Waals surface area contributed by atoms with Crippen molar-refractivity contribution in [2.24, 2.45) is 0 Å². The summed E-state index contributed by atoms with van der Waals surface area (Å²) < 4.78 is 25.7. The molecule has 0 radical (unpaired) electrons. The zero-order valence-corrected chi connectivity index (χ0v) is 17.7. The Morgan fingerprint density at radius 2 is 2.19 bits per heavy atom. The third-order valence-electron chi connectivity index (χ3n) is 5.05. The number of hydrogen-bond acceptors (Lipinski definition) is 6. The van der Waals surface area contributed by atoms with E-state index in [1.807, 2.05) is 13.8 Å². The molecule has 0 fully saturated rings. The summed E-state index contributed by atoms with van der Waals surface area (Å²) >= 11 is 6.29. The van der Waals surface area contributed by atoms with Gasteiger partial charge in [-0.15, -0.1) is 0 Å². The molecule has 2 heterocycles.